The summed E-state index contributed by atoms with van der Waals surface area (Å²) in [7, 11) is 0. The molecule has 98 valence electrons. The van der Waals surface area contributed by atoms with E-state index in [4.69, 9.17) is 10.2 Å². The fourth-order valence-electron chi connectivity index (χ4n) is 2.11. The van der Waals surface area contributed by atoms with E-state index in [0.717, 1.165) is 11.0 Å². The van der Waals surface area contributed by atoms with Crippen molar-refractivity contribution in [1.29, 1.82) is 0 Å². The number of hydrogen-bond acceptors (Lipinski definition) is 5. The van der Waals surface area contributed by atoms with Gasteiger partial charge in [0.1, 0.15) is 5.52 Å². The molecule has 0 amide bonds. The van der Waals surface area contributed by atoms with Crippen LogP contribution in [-0.2, 0) is 0 Å². The van der Waals surface area contributed by atoms with Gasteiger partial charge in [-0.2, -0.15) is 4.98 Å². The molecule has 6 nitrogen and oxygen atoms in total. The van der Waals surface area contributed by atoms with E-state index in [9.17, 15) is 0 Å². The molecular weight excluding hydrogens is 254 g/mol. The number of hydrogen-bond donors (Lipinski definition) is 3. The van der Waals surface area contributed by atoms with E-state index in [1.807, 2.05) is 24.3 Å². The molecule has 4 aromatic rings. The highest BCUT2D eigenvalue weighted by atomic mass is 16.4. The van der Waals surface area contributed by atoms with Gasteiger partial charge < -0.3 is 15.1 Å². The first kappa shape index (κ1) is 10.9. The predicted molar refractivity (Wildman–Crippen MR) is 77.8 cm³/mol. The summed E-state index contributed by atoms with van der Waals surface area (Å²) in [4.78, 5) is 11.9. The number of imidazole rings is 1. The summed E-state index contributed by atoms with van der Waals surface area (Å²) in [6.45, 7) is 0. The molecular formula is C14H11N5O. The van der Waals surface area contributed by atoms with Gasteiger partial charge in [-0.25, -0.2) is 4.98 Å². The van der Waals surface area contributed by atoms with Crippen LogP contribution >= 0.6 is 0 Å². The SMILES string of the molecule is Nc1ccc2oc(Nc3nc4ccccc4[nH]3)nc2c1. The van der Waals surface area contributed by atoms with Crippen molar-refractivity contribution in [2.75, 3.05) is 11.1 Å². The molecule has 20 heavy (non-hydrogen) atoms. The number of nitrogens with one attached hydrogen (secondary N) is 2. The van der Waals surface area contributed by atoms with Crippen LogP contribution in [0.25, 0.3) is 22.1 Å². The van der Waals surface area contributed by atoms with Gasteiger partial charge >= 0.3 is 6.01 Å². The third-order valence-corrected chi connectivity index (χ3v) is 3.03. The van der Waals surface area contributed by atoms with Crippen molar-refractivity contribution in [1.82, 2.24) is 15.0 Å². The number of fused-ring (bicyclic) bond motifs is 2. The standard InChI is InChI=1S/C14H11N5O/c15-8-5-6-12-11(7-8)18-14(20-12)19-13-16-9-3-1-2-4-10(9)17-13/h1-7H,15H2,(H2,16,17,18,19). The van der Waals surface area contributed by atoms with Crippen LogP contribution in [0.2, 0.25) is 0 Å². The molecule has 0 aliphatic carbocycles. The summed E-state index contributed by atoms with van der Waals surface area (Å²) < 4.78 is 5.59. The number of oxazole rings is 1. The summed E-state index contributed by atoms with van der Waals surface area (Å²) in [6, 6.07) is 13.5. The molecule has 2 aromatic heterocycles. The molecule has 0 aliphatic heterocycles. The Balaban J connectivity index is 1.72. The number of aromatic amines is 1. The number of aromatic nitrogens is 3. The molecule has 0 unspecified atom stereocenters. The van der Waals surface area contributed by atoms with Gasteiger partial charge in [0.2, 0.25) is 5.95 Å². The molecule has 4 N–H and O–H groups in total. The number of nitrogens with two attached hydrogens (primary N) is 1. The molecule has 4 rings (SSSR count). The van der Waals surface area contributed by atoms with Crippen LogP contribution in [0.15, 0.2) is 46.9 Å². The quantitative estimate of drug-likeness (QED) is 0.484. The molecule has 6 heteroatoms. The number of H-pyrrole nitrogens is 1. The molecule has 0 saturated heterocycles. The van der Waals surface area contributed by atoms with E-state index < -0.39 is 0 Å². The zero-order chi connectivity index (χ0) is 13.5. The lowest BCUT2D eigenvalue weighted by Crippen LogP contribution is -1.91. The highest BCUT2D eigenvalue weighted by Gasteiger charge is 2.08. The zero-order valence-corrected chi connectivity index (χ0v) is 10.4. The van der Waals surface area contributed by atoms with Crippen molar-refractivity contribution < 1.29 is 4.42 Å². The minimum atomic E-state index is 0.379. The number of nitrogens with zero attached hydrogens (tertiary/aromatic N) is 2. The summed E-state index contributed by atoms with van der Waals surface area (Å²) in [5.74, 6) is 0.589. The van der Waals surface area contributed by atoms with Crippen molar-refractivity contribution in [3.05, 3.63) is 42.5 Å². The maximum Gasteiger partial charge on any atom is 0.302 e. The summed E-state index contributed by atoms with van der Waals surface area (Å²) in [5.41, 5.74) is 9.60. The molecule has 0 fully saturated rings. The number of nitrogen functional groups attached to an aromatic ring is 1. The Morgan fingerprint density at radius 1 is 1.05 bits per heavy atom. The molecule has 0 radical (unpaired) electrons. The van der Waals surface area contributed by atoms with Gasteiger partial charge in [0, 0.05) is 5.69 Å². The Labute approximate surface area is 113 Å². The Kier molecular flexibility index (Phi) is 2.17. The third-order valence-electron chi connectivity index (χ3n) is 3.03. The highest BCUT2D eigenvalue weighted by molar-refractivity contribution is 5.80. The van der Waals surface area contributed by atoms with Gasteiger partial charge in [-0.3, -0.25) is 5.32 Å². The first-order valence-electron chi connectivity index (χ1n) is 6.16. The maximum atomic E-state index is 5.72. The molecule has 0 aliphatic rings. The van der Waals surface area contributed by atoms with Gasteiger partial charge in [-0.15, -0.1) is 0 Å². The van der Waals surface area contributed by atoms with E-state index >= 15 is 0 Å². The molecule has 2 aromatic carbocycles. The second kappa shape index (κ2) is 3.99. The van der Waals surface area contributed by atoms with Crippen LogP contribution in [0, 0.1) is 0 Å². The van der Waals surface area contributed by atoms with Gasteiger partial charge in [-0.05, 0) is 30.3 Å². The van der Waals surface area contributed by atoms with Crippen LogP contribution in [0.4, 0.5) is 17.7 Å². The van der Waals surface area contributed by atoms with Gasteiger partial charge in [0.05, 0.1) is 11.0 Å². The Bertz CT molecular complexity index is 875. The monoisotopic (exact) mass is 265 g/mol. The van der Waals surface area contributed by atoms with Crippen LogP contribution in [0.3, 0.4) is 0 Å². The van der Waals surface area contributed by atoms with Crippen molar-refractivity contribution in [3.8, 4) is 0 Å². The minimum absolute atomic E-state index is 0.379. The fraction of sp³-hybridized carbons (Fsp3) is 0. The Morgan fingerprint density at radius 2 is 1.95 bits per heavy atom. The fourth-order valence-corrected chi connectivity index (χ4v) is 2.11. The molecule has 2 heterocycles. The average Bonchev–Trinajstić information content (AvgIpc) is 3.00. The molecule has 0 atom stereocenters. The number of para-hydroxylation sites is 2. The molecule has 0 spiro atoms. The summed E-state index contributed by atoms with van der Waals surface area (Å²) >= 11 is 0. The van der Waals surface area contributed by atoms with Crippen LogP contribution in [0.1, 0.15) is 0 Å². The lowest BCUT2D eigenvalue weighted by Gasteiger charge is -1.93. The summed E-state index contributed by atoms with van der Waals surface area (Å²) in [6.07, 6.45) is 0. The van der Waals surface area contributed by atoms with Crippen LogP contribution < -0.4 is 11.1 Å². The van der Waals surface area contributed by atoms with E-state index in [0.29, 0.717) is 28.8 Å². The number of benzene rings is 2. The van der Waals surface area contributed by atoms with Gasteiger partial charge in [0.15, 0.2) is 5.58 Å². The van der Waals surface area contributed by atoms with Crippen molar-refractivity contribution >= 4 is 39.8 Å². The summed E-state index contributed by atoms with van der Waals surface area (Å²) in [5, 5.41) is 3.02. The third kappa shape index (κ3) is 1.74. The maximum absolute atomic E-state index is 5.72. The lowest BCUT2D eigenvalue weighted by atomic mass is 10.3. The van der Waals surface area contributed by atoms with Gasteiger partial charge in [0.25, 0.3) is 0 Å². The Hall–Kier alpha value is -3.02. The second-order valence-corrected chi connectivity index (χ2v) is 4.47. The lowest BCUT2D eigenvalue weighted by molar-refractivity contribution is 0.622. The van der Waals surface area contributed by atoms with Crippen molar-refractivity contribution in [2.45, 2.75) is 0 Å². The van der Waals surface area contributed by atoms with Crippen LogP contribution in [0.5, 0.6) is 0 Å². The van der Waals surface area contributed by atoms with Gasteiger partial charge in [-0.1, -0.05) is 12.1 Å². The number of anilines is 3. The van der Waals surface area contributed by atoms with E-state index in [1.165, 1.54) is 0 Å². The van der Waals surface area contributed by atoms with Crippen molar-refractivity contribution in [2.24, 2.45) is 0 Å². The zero-order valence-electron chi connectivity index (χ0n) is 10.4. The highest BCUT2D eigenvalue weighted by Crippen LogP contribution is 2.23. The Morgan fingerprint density at radius 3 is 2.85 bits per heavy atom. The predicted octanol–water partition coefficient (Wildman–Crippen LogP) is 3.03. The van der Waals surface area contributed by atoms with Crippen molar-refractivity contribution in [3.63, 3.8) is 0 Å². The first-order valence-corrected chi connectivity index (χ1v) is 6.16. The normalized spacial score (nSPS) is 11.2. The van der Waals surface area contributed by atoms with Crippen LogP contribution in [-0.4, -0.2) is 15.0 Å². The average molecular weight is 265 g/mol. The molecule has 0 bridgehead atoms. The second-order valence-electron chi connectivity index (χ2n) is 4.47. The number of rotatable bonds is 2. The molecule has 0 saturated carbocycles. The smallest absolute Gasteiger partial charge is 0.302 e. The van der Waals surface area contributed by atoms with E-state index in [2.05, 4.69) is 20.3 Å². The van der Waals surface area contributed by atoms with E-state index in [1.54, 1.807) is 18.2 Å². The minimum Gasteiger partial charge on any atom is -0.423 e. The topological polar surface area (TPSA) is 92.8 Å². The first-order chi connectivity index (χ1) is 9.78. The van der Waals surface area contributed by atoms with E-state index in [-0.39, 0.29) is 0 Å². The largest absolute Gasteiger partial charge is 0.423 e.